The summed E-state index contributed by atoms with van der Waals surface area (Å²) in [5, 5.41) is 9.63. The van der Waals surface area contributed by atoms with Crippen molar-refractivity contribution in [2.75, 3.05) is 7.11 Å². The van der Waals surface area contributed by atoms with Gasteiger partial charge >= 0.3 is 11.9 Å². The summed E-state index contributed by atoms with van der Waals surface area (Å²) in [7, 11) is 1.31. The summed E-state index contributed by atoms with van der Waals surface area (Å²) in [4.78, 5) is 36.9. The van der Waals surface area contributed by atoms with Crippen LogP contribution in [0.1, 0.15) is 49.7 Å². The second-order valence-electron chi connectivity index (χ2n) is 7.73. The number of carbonyl (C=O) groups excluding carboxylic acids is 3. The lowest BCUT2D eigenvalue weighted by atomic mass is 9.84. The van der Waals surface area contributed by atoms with Crippen molar-refractivity contribution in [3.8, 4) is 17.2 Å². The van der Waals surface area contributed by atoms with Gasteiger partial charge in [-0.15, -0.1) is 0 Å². The number of ketones is 1. The first-order valence-corrected chi connectivity index (χ1v) is 10.2. The number of methoxy groups -OCH3 is 1. The van der Waals surface area contributed by atoms with Crippen molar-refractivity contribution in [3.63, 3.8) is 0 Å². The second kappa shape index (κ2) is 7.94. The Morgan fingerprint density at radius 1 is 1.00 bits per heavy atom. The number of rotatable bonds is 3. The highest BCUT2D eigenvalue weighted by Crippen LogP contribution is 2.49. The molecular formula is C26H18O7. The van der Waals surface area contributed by atoms with E-state index in [2.05, 4.69) is 0 Å². The van der Waals surface area contributed by atoms with Crippen LogP contribution in [0.25, 0.3) is 6.08 Å². The third kappa shape index (κ3) is 3.63. The van der Waals surface area contributed by atoms with Crippen LogP contribution in [0.15, 0.2) is 66.4 Å². The normalized spacial score (nSPS) is 17.7. The Hall–Kier alpha value is -4.39. The quantitative estimate of drug-likeness (QED) is 0.368. The number of aromatic hydroxyl groups is 1. The molecule has 164 valence electrons. The SMILES string of the molecule is COC(=O)c1ccc(/C=C2\Oc3c(ccc4c3C(c3ccc(O)cc3)CC(=O)O4)C2=O)cc1. The zero-order valence-corrected chi connectivity index (χ0v) is 17.5. The summed E-state index contributed by atoms with van der Waals surface area (Å²) in [5.74, 6) is -0.548. The second-order valence-corrected chi connectivity index (χ2v) is 7.73. The third-order valence-electron chi connectivity index (χ3n) is 5.70. The summed E-state index contributed by atoms with van der Waals surface area (Å²) < 4.78 is 16.1. The number of ether oxygens (including phenoxy) is 3. The van der Waals surface area contributed by atoms with Gasteiger partial charge in [0.05, 0.1) is 24.7 Å². The van der Waals surface area contributed by atoms with E-state index in [0.29, 0.717) is 33.8 Å². The fraction of sp³-hybridized carbons (Fsp3) is 0.115. The molecular weight excluding hydrogens is 424 g/mol. The molecule has 1 unspecified atom stereocenters. The minimum Gasteiger partial charge on any atom is -0.508 e. The molecule has 1 atom stereocenters. The van der Waals surface area contributed by atoms with Crippen molar-refractivity contribution in [3.05, 3.63) is 94.2 Å². The molecule has 0 saturated heterocycles. The molecule has 0 bridgehead atoms. The molecule has 0 saturated carbocycles. The van der Waals surface area contributed by atoms with Gasteiger partial charge in [0, 0.05) is 11.5 Å². The lowest BCUT2D eigenvalue weighted by Crippen LogP contribution is -2.21. The molecule has 7 nitrogen and oxygen atoms in total. The van der Waals surface area contributed by atoms with Crippen LogP contribution >= 0.6 is 0 Å². The van der Waals surface area contributed by atoms with Gasteiger partial charge in [-0.25, -0.2) is 4.79 Å². The molecule has 7 heteroatoms. The predicted molar refractivity (Wildman–Crippen MR) is 117 cm³/mol. The molecule has 3 aromatic rings. The first-order chi connectivity index (χ1) is 15.9. The van der Waals surface area contributed by atoms with Gasteiger partial charge < -0.3 is 19.3 Å². The Kier molecular flexibility index (Phi) is 4.94. The number of esters is 2. The number of benzene rings is 3. The number of hydrogen-bond acceptors (Lipinski definition) is 7. The van der Waals surface area contributed by atoms with Gasteiger partial charge in [-0.2, -0.15) is 0 Å². The van der Waals surface area contributed by atoms with Crippen LogP contribution in [0.3, 0.4) is 0 Å². The fourth-order valence-corrected chi connectivity index (χ4v) is 4.08. The Morgan fingerprint density at radius 3 is 2.42 bits per heavy atom. The van der Waals surface area contributed by atoms with Crippen LogP contribution in [0.2, 0.25) is 0 Å². The minimum absolute atomic E-state index is 0.0832. The first-order valence-electron chi connectivity index (χ1n) is 10.2. The van der Waals surface area contributed by atoms with Gasteiger partial charge in [0.25, 0.3) is 0 Å². The predicted octanol–water partition coefficient (Wildman–Crippen LogP) is 4.24. The molecule has 0 radical (unpaired) electrons. The topological polar surface area (TPSA) is 99.1 Å². The molecule has 1 N–H and O–H groups in total. The molecule has 0 spiro atoms. The number of phenolic OH excluding ortho intramolecular Hbond substituents is 1. The van der Waals surface area contributed by atoms with Crippen molar-refractivity contribution in [1.29, 1.82) is 0 Å². The highest BCUT2D eigenvalue weighted by atomic mass is 16.5. The molecule has 2 aliphatic heterocycles. The van der Waals surface area contributed by atoms with E-state index in [4.69, 9.17) is 14.2 Å². The number of phenols is 1. The molecule has 2 heterocycles. The van der Waals surface area contributed by atoms with Gasteiger partial charge in [0.15, 0.2) is 5.76 Å². The van der Waals surface area contributed by atoms with Crippen LogP contribution in [-0.2, 0) is 9.53 Å². The molecule has 0 aromatic heterocycles. The number of hydrogen-bond donors (Lipinski definition) is 1. The van der Waals surface area contributed by atoms with E-state index in [1.807, 2.05) is 0 Å². The van der Waals surface area contributed by atoms with E-state index in [0.717, 1.165) is 5.56 Å². The van der Waals surface area contributed by atoms with E-state index in [-0.39, 0.29) is 35.6 Å². The minimum atomic E-state index is -0.448. The lowest BCUT2D eigenvalue weighted by Gasteiger charge is -2.26. The average molecular weight is 442 g/mol. The van der Waals surface area contributed by atoms with Crippen molar-refractivity contribution in [1.82, 2.24) is 0 Å². The van der Waals surface area contributed by atoms with E-state index in [9.17, 15) is 19.5 Å². The van der Waals surface area contributed by atoms with E-state index in [1.165, 1.54) is 7.11 Å². The van der Waals surface area contributed by atoms with Crippen molar-refractivity contribution < 1.29 is 33.7 Å². The highest BCUT2D eigenvalue weighted by Gasteiger charge is 2.38. The van der Waals surface area contributed by atoms with Crippen LogP contribution in [0, 0.1) is 0 Å². The Labute approximate surface area is 188 Å². The maximum Gasteiger partial charge on any atom is 0.337 e. The average Bonchev–Trinajstić information content (AvgIpc) is 3.14. The van der Waals surface area contributed by atoms with Gasteiger partial charge in [0.2, 0.25) is 5.78 Å². The standard InChI is InChI=1S/C26H18O7/c1-31-26(30)16-4-2-14(3-5-16)12-21-24(29)18-10-11-20-23(25(18)33-21)19(13-22(28)32-20)15-6-8-17(27)9-7-15/h2-12,19,27H,13H2,1H3/b21-12-. The number of fused-ring (bicyclic) bond motifs is 3. The molecule has 5 rings (SSSR count). The Bertz CT molecular complexity index is 1320. The number of carbonyl (C=O) groups is 3. The third-order valence-corrected chi connectivity index (χ3v) is 5.70. The molecule has 0 amide bonds. The lowest BCUT2D eigenvalue weighted by molar-refractivity contribution is -0.135. The Balaban J connectivity index is 1.54. The van der Waals surface area contributed by atoms with Gasteiger partial charge in [0.1, 0.15) is 17.2 Å². The monoisotopic (exact) mass is 442 g/mol. The number of Topliss-reactive ketones (excluding diaryl/α,β-unsaturated/α-hetero) is 1. The van der Waals surface area contributed by atoms with Gasteiger partial charge in [-0.3, -0.25) is 9.59 Å². The van der Waals surface area contributed by atoms with Crippen LogP contribution < -0.4 is 9.47 Å². The van der Waals surface area contributed by atoms with Gasteiger partial charge in [-0.05, 0) is 53.6 Å². The fourth-order valence-electron chi connectivity index (χ4n) is 4.08. The summed E-state index contributed by atoms with van der Waals surface area (Å²) in [6, 6.07) is 16.3. The summed E-state index contributed by atoms with van der Waals surface area (Å²) in [6.07, 6.45) is 1.68. The Morgan fingerprint density at radius 2 is 1.73 bits per heavy atom. The van der Waals surface area contributed by atoms with E-state index in [1.54, 1.807) is 66.7 Å². The summed E-state index contributed by atoms with van der Waals surface area (Å²) in [5.41, 5.74) is 2.87. The number of allylic oxidation sites excluding steroid dienone is 1. The van der Waals surface area contributed by atoms with Crippen molar-refractivity contribution >= 4 is 23.8 Å². The molecule has 0 aliphatic carbocycles. The summed E-state index contributed by atoms with van der Waals surface area (Å²) in [6.45, 7) is 0. The van der Waals surface area contributed by atoms with Gasteiger partial charge in [-0.1, -0.05) is 24.3 Å². The smallest absolute Gasteiger partial charge is 0.337 e. The van der Waals surface area contributed by atoms with Crippen LogP contribution in [0.5, 0.6) is 17.2 Å². The largest absolute Gasteiger partial charge is 0.508 e. The van der Waals surface area contributed by atoms with E-state index >= 15 is 0 Å². The first kappa shape index (κ1) is 20.5. The summed E-state index contributed by atoms with van der Waals surface area (Å²) >= 11 is 0. The van der Waals surface area contributed by atoms with Crippen LogP contribution in [0.4, 0.5) is 0 Å². The zero-order chi connectivity index (χ0) is 23.1. The highest BCUT2D eigenvalue weighted by molar-refractivity contribution is 6.15. The van der Waals surface area contributed by atoms with E-state index < -0.39 is 5.97 Å². The maximum atomic E-state index is 13.1. The van der Waals surface area contributed by atoms with Crippen molar-refractivity contribution in [2.45, 2.75) is 12.3 Å². The molecule has 0 fully saturated rings. The molecule has 3 aromatic carbocycles. The van der Waals surface area contributed by atoms with Crippen LogP contribution in [-0.4, -0.2) is 29.9 Å². The van der Waals surface area contributed by atoms with Crippen molar-refractivity contribution in [2.24, 2.45) is 0 Å². The maximum absolute atomic E-state index is 13.1. The zero-order valence-electron chi connectivity index (χ0n) is 17.5. The molecule has 33 heavy (non-hydrogen) atoms. The molecule has 2 aliphatic rings.